The lowest BCUT2D eigenvalue weighted by atomic mass is 9.96. The van der Waals surface area contributed by atoms with Crippen LogP contribution in [0.2, 0.25) is 0 Å². The second kappa shape index (κ2) is 12.5. The molecule has 34 heavy (non-hydrogen) atoms. The van der Waals surface area contributed by atoms with Gasteiger partial charge in [-0.3, -0.25) is 9.59 Å². The van der Waals surface area contributed by atoms with Crippen LogP contribution in [0.25, 0.3) is 10.4 Å². The van der Waals surface area contributed by atoms with Gasteiger partial charge in [-0.15, -0.1) is 0 Å². The van der Waals surface area contributed by atoms with Crippen LogP contribution in [-0.2, 0) is 19.1 Å². The summed E-state index contributed by atoms with van der Waals surface area (Å²) >= 11 is 0. The standard InChI is InChI=1S/C11H18N4O3.C11H19NO4/c1-11(2,3)18-10(17)15-6-4-8(5-7-15)9(16)13-14-12;1-11(2,3)16-10(15)12-6-4-8(5-7-12)9(13)14/h8H,4-7H2,1-3H3;8H,4-7H2,1-3H3,(H,13,14). The van der Waals surface area contributed by atoms with Crippen molar-refractivity contribution in [1.82, 2.24) is 9.80 Å². The second-order valence-electron chi connectivity index (χ2n) is 10.3. The molecule has 0 aromatic rings. The van der Waals surface area contributed by atoms with Crippen LogP contribution in [0.1, 0.15) is 67.2 Å². The van der Waals surface area contributed by atoms with E-state index in [9.17, 15) is 19.2 Å². The molecule has 0 bridgehead atoms. The Bertz CT molecular complexity index is 780. The van der Waals surface area contributed by atoms with Crippen molar-refractivity contribution in [1.29, 1.82) is 0 Å². The number of aliphatic carboxylic acids is 1. The van der Waals surface area contributed by atoms with Crippen molar-refractivity contribution in [3.05, 3.63) is 10.4 Å². The summed E-state index contributed by atoms with van der Waals surface area (Å²) in [5, 5.41) is 11.9. The third-order valence-corrected chi connectivity index (χ3v) is 5.14. The molecule has 2 saturated heterocycles. The number of amides is 3. The first-order valence-electron chi connectivity index (χ1n) is 11.4. The number of azide groups is 1. The number of carboxylic acid groups (broad SMARTS) is 1. The number of hydrogen-bond donors (Lipinski definition) is 1. The van der Waals surface area contributed by atoms with Gasteiger partial charge in [-0.2, -0.15) is 0 Å². The van der Waals surface area contributed by atoms with E-state index in [4.69, 9.17) is 20.1 Å². The monoisotopic (exact) mass is 483 g/mol. The Kier molecular flexibility index (Phi) is 10.6. The highest BCUT2D eigenvalue weighted by Crippen LogP contribution is 2.21. The summed E-state index contributed by atoms with van der Waals surface area (Å²) in [7, 11) is 0. The van der Waals surface area contributed by atoms with E-state index in [2.05, 4.69) is 10.0 Å². The van der Waals surface area contributed by atoms with Crippen LogP contribution in [0.3, 0.4) is 0 Å². The van der Waals surface area contributed by atoms with Gasteiger partial charge in [0, 0.05) is 37.0 Å². The molecular weight excluding hydrogens is 446 g/mol. The molecule has 192 valence electrons. The predicted molar refractivity (Wildman–Crippen MR) is 123 cm³/mol. The summed E-state index contributed by atoms with van der Waals surface area (Å²) in [6.07, 6.45) is 1.32. The Labute approximate surface area is 200 Å². The average molecular weight is 484 g/mol. The molecule has 0 atom stereocenters. The quantitative estimate of drug-likeness (QED) is 0.350. The van der Waals surface area contributed by atoms with Gasteiger partial charge in [0.05, 0.1) is 5.92 Å². The molecule has 0 saturated carbocycles. The van der Waals surface area contributed by atoms with Crippen LogP contribution in [0.5, 0.6) is 0 Å². The lowest BCUT2D eigenvalue weighted by Gasteiger charge is -2.32. The molecule has 0 spiro atoms. The van der Waals surface area contributed by atoms with Gasteiger partial charge in [-0.05, 0) is 77.9 Å². The van der Waals surface area contributed by atoms with Gasteiger partial charge in [0.15, 0.2) is 0 Å². The zero-order valence-corrected chi connectivity index (χ0v) is 20.9. The predicted octanol–water partition coefficient (Wildman–Crippen LogP) is 4.19. The SMILES string of the molecule is CC(C)(C)OC(=O)N1CCC(C(=O)N=[N+]=[N-])CC1.CC(C)(C)OC(=O)N1CCC(C(=O)O)CC1. The highest BCUT2D eigenvalue weighted by atomic mass is 16.6. The molecule has 2 rings (SSSR count). The zero-order valence-electron chi connectivity index (χ0n) is 20.9. The molecule has 2 aliphatic heterocycles. The minimum absolute atomic E-state index is 0.278. The molecule has 2 heterocycles. The maximum absolute atomic E-state index is 11.8. The normalized spacial score (nSPS) is 17.6. The van der Waals surface area contributed by atoms with Gasteiger partial charge >= 0.3 is 18.2 Å². The number of piperidine rings is 2. The van der Waals surface area contributed by atoms with Crippen LogP contribution in [0, 0.1) is 11.8 Å². The molecule has 12 heteroatoms. The van der Waals surface area contributed by atoms with Gasteiger partial charge in [0.25, 0.3) is 0 Å². The molecule has 1 N–H and O–H groups in total. The molecule has 0 aromatic heterocycles. The Morgan fingerprint density at radius 3 is 1.44 bits per heavy atom. The van der Waals surface area contributed by atoms with Crippen LogP contribution >= 0.6 is 0 Å². The lowest BCUT2D eigenvalue weighted by molar-refractivity contribution is -0.143. The molecule has 0 aliphatic carbocycles. The Morgan fingerprint density at radius 1 is 0.794 bits per heavy atom. The summed E-state index contributed by atoms with van der Waals surface area (Å²) < 4.78 is 10.5. The third-order valence-electron chi connectivity index (χ3n) is 5.14. The van der Waals surface area contributed by atoms with Gasteiger partial charge in [0.2, 0.25) is 5.91 Å². The van der Waals surface area contributed by atoms with E-state index in [0.717, 1.165) is 0 Å². The van der Waals surface area contributed by atoms with Gasteiger partial charge < -0.3 is 24.4 Å². The molecule has 0 radical (unpaired) electrons. The van der Waals surface area contributed by atoms with E-state index in [1.165, 1.54) is 0 Å². The van der Waals surface area contributed by atoms with E-state index < -0.39 is 23.1 Å². The topological polar surface area (TPSA) is 162 Å². The number of likely N-dealkylation sites (tertiary alicyclic amines) is 2. The van der Waals surface area contributed by atoms with E-state index >= 15 is 0 Å². The Morgan fingerprint density at radius 2 is 1.15 bits per heavy atom. The van der Waals surface area contributed by atoms with E-state index in [0.29, 0.717) is 51.9 Å². The van der Waals surface area contributed by atoms with Gasteiger partial charge in [-0.1, -0.05) is 0 Å². The summed E-state index contributed by atoms with van der Waals surface area (Å²) in [6.45, 7) is 12.7. The summed E-state index contributed by atoms with van der Waals surface area (Å²) in [6, 6.07) is 0. The van der Waals surface area contributed by atoms with Crippen LogP contribution in [0.15, 0.2) is 5.11 Å². The highest BCUT2D eigenvalue weighted by molar-refractivity contribution is 5.80. The van der Waals surface area contributed by atoms with Crippen molar-refractivity contribution in [2.45, 2.75) is 78.4 Å². The van der Waals surface area contributed by atoms with E-state index in [-0.39, 0.29) is 24.0 Å². The fraction of sp³-hybridized carbons (Fsp3) is 0.818. The van der Waals surface area contributed by atoms with Crippen molar-refractivity contribution < 1.29 is 33.8 Å². The lowest BCUT2D eigenvalue weighted by Crippen LogP contribution is -2.42. The van der Waals surface area contributed by atoms with Crippen molar-refractivity contribution in [2.24, 2.45) is 17.0 Å². The van der Waals surface area contributed by atoms with Crippen LogP contribution < -0.4 is 0 Å². The number of ether oxygens (including phenoxy) is 2. The summed E-state index contributed by atoms with van der Waals surface area (Å²) in [5.41, 5.74) is 7.17. The molecule has 12 nitrogen and oxygen atoms in total. The first kappa shape index (κ1) is 29.0. The Hall–Kier alpha value is -3.01. The minimum atomic E-state index is -0.774. The maximum atomic E-state index is 11.8. The maximum Gasteiger partial charge on any atom is 0.410 e. The van der Waals surface area contributed by atoms with E-state index in [1.54, 1.807) is 9.80 Å². The largest absolute Gasteiger partial charge is 0.481 e. The van der Waals surface area contributed by atoms with Crippen molar-refractivity contribution in [3.63, 3.8) is 0 Å². The minimum Gasteiger partial charge on any atom is -0.481 e. The molecular formula is C22H37N5O7. The number of carboxylic acids is 1. The number of hydrogen-bond acceptors (Lipinski definition) is 6. The van der Waals surface area contributed by atoms with Crippen molar-refractivity contribution in [2.75, 3.05) is 26.2 Å². The fourth-order valence-electron chi connectivity index (χ4n) is 3.40. The van der Waals surface area contributed by atoms with Crippen molar-refractivity contribution in [3.8, 4) is 0 Å². The van der Waals surface area contributed by atoms with E-state index in [1.807, 2.05) is 41.5 Å². The van der Waals surface area contributed by atoms with Crippen molar-refractivity contribution >= 4 is 24.1 Å². The second-order valence-corrected chi connectivity index (χ2v) is 10.3. The average Bonchev–Trinajstić information content (AvgIpc) is 2.72. The molecule has 0 aromatic carbocycles. The molecule has 2 aliphatic rings. The van der Waals surface area contributed by atoms with Gasteiger partial charge in [0.1, 0.15) is 11.2 Å². The number of carbonyl (C=O) groups excluding carboxylic acids is 3. The van der Waals surface area contributed by atoms with Crippen LogP contribution in [0.4, 0.5) is 9.59 Å². The number of rotatable bonds is 2. The molecule has 3 amide bonds. The Balaban J connectivity index is 0.000000342. The first-order chi connectivity index (χ1) is 15.6. The number of carbonyl (C=O) groups is 4. The summed E-state index contributed by atoms with van der Waals surface area (Å²) in [5.74, 6) is -1.82. The van der Waals surface area contributed by atoms with Crippen LogP contribution in [-0.4, -0.2) is 76.4 Å². The molecule has 0 unspecified atom stereocenters. The highest BCUT2D eigenvalue weighted by Gasteiger charge is 2.30. The summed E-state index contributed by atoms with van der Waals surface area (Å²) in [4.78, 5) is 51.1. The zero-order chi connectivity index (χ0) is 26.1. The first-order valence-corrected chi connectivity index (χ1v) is 11.4. The molecule has 2 fully saturated rings. The number of nitrogens with zero attached hydrogens (tertiary/aromatic N) is 5. The van der Waals surface area contributed by atoms with Gasteiger partial charge in [-0.25, -0.2) is 9.59 Å². The smallest absolute Gasteiger partial charge is 0.410 e. The third kappa shape index (κ3) is 10.7. The fourth-order valence-corrected chi connectivity index (χ4v) is 3.40.